The molecule has 0 saturated heterocycles. The zero-order chi connectivity index (χ0) is 14.4. The Hall–Kier alpha value is -0.620. The van der Waals surface area contributed by atoms with Crippen molar-refractivity contribution in [3.05, 3.63) is 0 Å². The first-order valence-electron chi connectivity index (χ1n) is 6.26. The fraction of sp³-hybridized carbons (Fsp3) is 0.917. The topological polar surface area (TPSA) is 89.3 Å². The molecule has 0 rings (SSSR count). The van der Waals surface area contributed by atoms with E-state index in [0.717, 1.165) is 12.8 Å². The van der Waals surface area contributed by atoms with Crippen molar-refractivity contribution < 1.29 is 13.2 Å². The molecule has 0 aromatic carbocycles. The van der Waals surface area contributed by atoms with E-state index in [1.54, 1.807) is 13.8 Å². The van der Waals surface area contributed by atoms with E-state index >= 15 is 0 Å². The molecule has 0 bridgehead atoms. The summed E-state index contributed by atoms with van der Waals surface area (Å²) in [6.45, 7) is 6.06. The molecule has 0 heterocycles. The first-order chi connectivity index (χ1) is 8.10. The minimum Gasteiger partial charge on any atom is -0.355 e. The molecule has 0 fully saturated rings. The van der Waals surface area contributed by atoms with Gasteiger partial charge in [-0.3, -0.25) is 4.79 Å². The Bertz CT molecular complexity index is 364. The molecule has 0 radical (unpaired) electrons. The fourth-order valence-electron chi connectivity index (χ4n) is 1.34. The number of amides is 1. The maximum Gasteiger partial charge on any atom is 0.220 e. The van der Waals surface area contributed by atoms with Gasteiger partial charge in [-0.2, -0.15) is 0 Å². The second-order valence-electron chi connectivity index (χ2n) is 5.53. The highest BCUT2D eigenvalue weighted by molar-refractivity contribution is 7.92. The summed E-state index contributed by atoms with van der Waals surface area (Å²) >= 11 is 0. The molecule has 5 nitrogen and oxygen atoms in total. The maximum absolute atomic E-state index is 11.6. The van der Waals surface area contributed by atoms with E-state index in [1.807, 2.05) is 0 Å². The van der Waals surface area contributed by atoms with Crippen LogP contribution < -0.4 is 11.1 Å². The third-order valence-electron chi connectivity index (χ3n) is 3.24. The minimum atomic E-state index is -3.17. The van der Waals surface area contributed by atoms with Crippen LogP contribution in [-0.4, -0.2) is 38.4 Å². The summed E-state index contributed by atoms with van der Waals surface area (Å²) in [7, 11) is -3.17. The first kappa shape index (κ1) is 17.4. The van der Waals surface area contributed by atoms with Gasteiger partial charge in [-0.1, -0.05) is 6.92 Å². The number of carbonyl (C=O) groups excluding carboxylic acids is 1. The lowest BCUT2D eigenvalue weighted by atomic mass is 10.0. The zero-order valence-electron chi connectivity index (χ0n) is 11.8. The number of carbonyl (C=O) groups is 1. The van der Waals surface area contributed by atoms with Crippen LogP contribution in [0.25, 0.3) is 0 Å². The summed E-state index contributed by atoms with van der Waals surface area (Å²) in [5.74, 6) is 0.319. The van der Waals surface area contributed by atoms with Gasteiger partial charge < -0.3 is 11.1 Å². The second kappa shape index (κ2) is 7.09. The Morgan fingerprint density at radius 1 is 1.33 bits per heavy atom. The van der Waals surface area contributed by atoms with Crippen molar-refractivity contribution in [3.8, 4) is 0 Å². The van der Waals surface area contributed by atoms with E-state index in [4.69, 9.17) is 5.73 Å². The summed E-state index contributed by atoms with van der Waals surface area (Å²) in [5.41, 5.74) is 5.43. The first-order valence-corrected chi connectivity index (χ1v) is 8.15. The standard InChI is InChI=1S/C12H26N2O3S/c1-10(7-8-13)5-6-11(15)14-9-12(2,3)18(4,16)17/h10H,5-9,13H2,1-4H3,(H,14,15). The van der Waals surface area contributed by atoms with Gasteiger partial charge in [0.05, 0.1) is 4.75 Å². The number of nitrogens with two attached hydrogens (primary N) is 1. The highest BCUT2D eigenvalue weighted by Crippen LogP contribution is 2.14. The van der Waals surface area contributed by atoms with Crippen molar-refractivity contribution in [2.75, 3.05) is 19.3 Å². The Labute approximate surface area is 110 Å². The lowest BCUT2D eigenvalue weighted by molar-refractivity contribution is -0.121. The third kappa shape index (κ3) is 6.35. The molecule has 3 N–H and O–H groups in total. The summed E-state index contributed by atoms with van der Waals surface area (Å²) in [5, 5.41) is 2.68. The average Bonchev–Trinajstić information content (AvgIpc) is 2.22. The smallest absolute Gasteiger partial charge is 0.220 e. The Kier molecular flexibility index (Phi) is 6.84. The Balaban J connectivity index is 4.05. The SMILES string of the molecule is CC(CCN)CCC(=O)NCC(C)(C)S(C)(=O)=O. The van der Waals surface area contributed by atoms with Gasteiger partial charge in [-0.15, -0.1) is 0 Å². The van der Waals surface area contributed by atoms with E-state index in [0.29, 0.717) is 18.9 Å². The van der Waals surface area contributed by atoms with E-state index in [1.165, 1.54) is 6.26 Å². The number of rotatable bonds is 8. The molecular formula is C12H26N2O3S. The van der Waals surface area contributed by atoms with Crippen molar-refractivity contribution in [3.63, 3.8) is 0 Å². The molecule has 1 atom stereocenters. The van der Waals surface area contributed by atoms with Crippen LogP contribution in [0.3, 0.4) is 0 Å². The van der Waals surface area contributed by atoms with E-state index in [9.17, 15) is 13.2 Å². The predicted molar refractivity (Wildman–Crippen MR) is 74.0 cm³/mol. The van der Waals surface area contributed by atoms with Crippen LogP contribution in [0.2, 0.25) is 0 Å². The molecule has 1 amide bonds. The average molecular weight is 278 g/mol. The largest absolute Gasteiger partial charge is 0.355 e. The van der Waals surface area contributed by atoms with E-state index < -0.39 is 14.6 Å². The van der Waals surface area contributed by atoms with Crippen LogP contribution in [0, 0.1) is 5.92 Å². The molecule has 18 heavy (non-hydrogen) atoms. The van der Waals surface area contributed by atoms with Crippen LogP contribution in [0.1, 0.15) is 40.0 Å². The second-order valence-corrected chi connectivity index (χ2v) is 8.18. The van der Waals surface area contributed by atoms with Gasteiger partial charge in [-0.25, -0.2) is 8.42 Å². The normalized spacial score (nSPS) is 14.3. The quantitative estimate of drug-likeness (QED) is 0.683. The van der Waals surface area contributed by atoms with Gasteiger partial charge in [-0.05, 0) is 39.2 Å². The Morgan fingerprint density at radius 2 is 1.89 bits per heavy atom. The minimum absolute atomic E-state index is 0.101. The number of sulfone groups is 1. The zero-order valence-corrected chi connectivity index (χ0v) is 12.6. The summed E-state index contributed by atoms with van der Waals surface area (Å²) < 4.78 is 22.0. The van der Waals surface area contributed by atoms with Crippen LogP contribution in [0.5, 0.6) is 0 Å². The van der Waals surface area contributed by atoms with E-state index in [-0.39, 0.29) is 12.5 Å². The van der Waals surface area contributed by atoms with Gasteiger partial charge in [0.25, 0.3) is 0 Å². The molecule has 0 aromatic heterocycles. The molecule has 0 saturated carbocycles. The van der Waals surface area contributed by atoms with E-state index in [2.05, 4.69) is 12.2 Å². The van der Waals surface area contributed by atoms with Gasteiger partial charge in [0, 0.05) is 19.2 Å². The van der Waals surface area contributed by atoms with Crippen molar-refractivity contribution in [2.24, 2.45) is 11.7 Å². The van der Waals surface area contributed by atoms with Crippen molar-refractivity contribution in [1.29, 1.82) is 0 Å². The number of nitrogens with one attached hydrogen (secondary N) is 1. The highest BCUT2D eigenvalue weighted by Gasteiger charge is 2.30. The van der Waals surface area contributed by atoms with Crippen LogP contribution in [0.15, 0.2) is 0 Å². The van der Waals surface area contributed by atoms with Gasteiger partial charge in [0.1, 0.15) is 0 Å². The molecule has 6 heteroatoms. The maximum atomic E-state index is 11.6. The molecule has 108 valence electrons. The van der Waals surface area contributed by atoms with Gasteiger partial charge >= 0.3 is 0 Å². The molecule has 1 unspecified atom stereocenters. The summed E-state index contributed by atoms with van der Waals surface area (Å²) in [6, 6.07) is 0. The molecule has 0 aliphatic carbocycles. The summed E-state index contributed by atoms with van der Waals surface area (Å²) in [4.78, 5) is 11.6. The number of hydrogen-bond donors (Lipinski definition) is 2. The monoisotopic (exact) mass is 278 g/mol. The van der Waals surface area contributed by atoms with Crippen molar-refractivity contribution in [2.45, 2.75) is 44.8 Å². The van der Waals surface area contributed by atoms with Gasteiger partial charge in [0.15, 0.2) is 9.84 Å². The fourth-order valence-corrected chi connectivity index (χ4v) is 1.67. The predicted octanol–water partition coefficient (Wildman–Crippen LogP) is 0.691. The van der Waals surface area contributed by atoms with Crippen LogP contribution in [0.4, 0.5) is 0 Å². The Morgan fingerprint density at radius 3 is 2.33 bits per heavy atom. The molecule has 0 aromatic rings. The lowest BCUT2D eigenvalue weighted by Gasteiger charge is -2.22. The third-order valence-corrected chi connectivity index (χ3v) is 5.39. The lowest BCUT2D eigenvalue weighted by Crippen LogP contribution is -2.43. The number of hydrogen-bond acceptors (Lipinski definition) is 4. The summed E-state index contributed by atoms with van der Waals surface area (Å²) in [6.07, 6.45) is 3.29. The molecule has 0 spiro atoms. The molecule has 0 aliphatic rings. The molecular weight excluding hydrogens is 252 g/mol. The van der Waals surface area contributed by atoms with Crippen LogP contribution >= 0.6 is 0 Å². The van der Waals surface area contributed by atoms with Crippen molar-refractivity contribution in [1.82, 2.24) is 5.32 Å². The highest BCUT2D eigenvalue weighted by atomic mass is 32.2. The molecule has 0 aliphatic heterocycles. The van der Waals surface area contributed by atoms with Gasteiger partial charge in [0.2, 0.25) is 5.91 Å². The van der Waals surface area contributed by atoms with Crippen molar-refractivity contribution >= 4 is 15.7 Å². The van der Waals surface area contributed by atoms with Crippen LogP contribution in [-0.2, 0) is 14.6 Å².